The Balaban J connectivity index is 1.88. The highest BCUT2D eigenvalue weighted by molar-refractivity contribution is 5.35. The molecule has 2 N–H and O–H groups in total. The van der Waals surface area contributed by atoms with Gasteiger partial charge in [0.25, 0.3) is 0 Å². The second-order valence-electron chi connectivity index (χ2n) is 7.68. The Morgan fingerprint density at radius 3 is 2.33 bits per heavy atom. The van der Waals surface area contributed by atoms with Gasteiger partial charge in [0.2, 0.25) is 0 Å². The minimum absolute atomic E-state index is 0.696. The Hall–Kier alpha value is -0.820. The molecule has 3 atom stereocenters. The molecular formula is C20H31N. The van der Waals surface area contributed by atoms with E-state index in [1.807, 2.05) is 0 Å². The lowest BCUT2D eigenvalue weighted by Crippen LogP contribution is -2.31. The van der Waals surface area contributed by atoms with Crippen LogP contribution in [0.4, 0.5) is 0 Å². The van der Waals surface area contributed by atoms with Crippen LogP contribution in [0.3, 0.4) is 0 Å². The van der Waals surface area contributed by atoms with Crippen molar-refractivity contribution in [3.8, 4) is 0 Å². The average Bonchev–Trinajstić information content (AvgIpc) is 2.45. The highest BCUT2D eigenvalue weighted by Gasteiger charge is 2.34. The van der Waals surface area contributed by atoms with E-state index in [2.05, 4.69) is 38.1 Å². The topological polar surface area (TPSA) is 26.0 Å². The molecule has 1 heteroatoms. The Morgan fingerprint density at radius 2 is 1.76 bits per heavy atom. The summed E-state index contributed by atoms with van der Waals surface area (Å²) in [6.07, 6.45) is 8.25. The van der Waals surface area contributed by atoms with Gasteiger partial charge in [0, 0.05) is 0 Å². The fourth-order valence-electron chi connectivity index (χ4n) is 4.47. The number of hydrogen-bond donors (Lipinski definition) is 1. The fourth-order valence-corrected chi connectivity index (χ4v) is 4.47. The summed E-state index contributed by atoms with van der Waals surface area (Å²) in [7, 11) is 0. The summed E-state index contributed by atoms with van der Waals surface area (Å²) >= 11 is 0. The first kappa shape index (κ1) is 15.1. The Kier molecular flexibility index (Phi) is 4.69. The van der Waals surface area contributed by atoms with Crippen LogP contribution < -0.4 is 5.73 Å². The molecule has 21 heavy (non-hydrogen) atoms. The molecule has 3 rings (SSSR count). The SMILES string of the molecule is CC(C)C1CCC(CN)C(c2ccccc2C2CCC2)C1. The van der Waals surface area contributed by atoms with E-state index in [9.17, 15) is 0 Å². The van der Waals surface area contributed by atoms with E-state index in [1.165, 1.54) is 38.5 Å². The molecule has 2 saturated carbocycles. The smallest absolute Gasteiger partial charge is 0.00430 e. The average molecular weight is 285 g/mol. The maximum atomic E-state index is 6.13. The van der Waals surface area contributed by atoms with Gasteiger partial charge in [-0.05, 0) is 79.4 Å². The summed E-state index contributed by atoms with van der Waals surface area (Å²) in [5.74, 6) is 3.92. The second kappa shape index (κ2) is 6.52. The molecule has 1 aromatic rings. The van der Waals surface area contributed by atoms with Crippen LogP contribution in [0.2, 0.25) is 0 Å². The predicted molar refractivity (Wildman–Crippen MR) is 90.5 cm³/mol. The molecule has 0 radical (unpaired) electrons. The van der Waals surface area contributed by atoms with Gasteiger partial charge in [-0.25, -0.2) is 0 Å². The van der Waals surface area contributed by atoms with Gasteiger partial charge in [-0.3, -0.25) is 0 Å². The van der Waals surface area contributed by atoms with Crippen LogP contribution in [0.15, 0.2) is 24.3 Å². The van der Waals surface area contributed by atoms with Gasteiger partial charge in [0.1, 0.15) is 0 Å². The van der Waals surface area contributed by atoms with Crippen molar-refractivity contribution < 1.29 is 0 Å². The van der Waals surface area contributed by atoms with Gasteiger partial charge >= 0.3 is 0 Å². The van der Waals surface area contributed by atoms with E-state index in [1.54, 1.807) is 11.1 Å². The molecular weight excluding hydrogens is 254 g/mol. The zero-order valence-corrected chi connectivity index (χ0v) is 13.7. The standard InChI is InChI=1S/C20H31N/c1-14(2)16-10-11-17(13-21)20(12-16)19-9-4-3-8-18(19)15-6-5-7-15/h3-4,8-9,14-17,20H,5-7,10-13,21H2,1-2H3. The van der Waals surface area contributed by atoms with Crippen LogP contribution in [0.25, 0.3) is 0 Å². The second-order valence-corrected chi connectivity index (χ2v) is 7.68. The molecule has 0 amide bonds. The molecule has 3 unspecified atom stereocenters. The highest BCUT2D eigenvalue weighted by atomic mass is 14.6. The number of benzene rings is 1. The van der Waals surface area contributed by atoms with Crippen LogP contribution >= 0.6 is 0 Å². The van der Waals surface area contributed by atoms with Crippen molar-refractivity contribution in [1.82, 2.24) is 0 Å². The minimum Gasteiger partial charge on any atom is -0.330 e. The van der Waals surface area contributed by atoms with E-state index < -0.39 is 0 Å². The monoisotopic (exact) mass is 285 g/mol. The maximum Gasteiger partial charge on any atom is -0.00430 e. The Labute approximate surface area is 130 Å². The van der Waals surface area contributed by atoms with Crippen LogP contribution in [0, 0.1) is 17.8 Å². The number of rotatable bonds is 4. The molecule has 1 nitrogen and oxygen atoms in total. The predicted octanol–water partition coefficient (Wildman–Crippen LogP) is 5.07. The molecule has 116 valence electrons. The van der Waals surface area contributed by atoms with Crippen molar-refractivity contribution in [2.45, 2.75) is 64.2 Å². The third kappa shape index (κ3) is 3.04. The van der Waals surface area contributed by atoms with Crippen molar-refractivity contribution in [1.29, 1.82) is 0 Å². The first-order chi connectivity index (χ1) is 10.2. The lowest BCUT2D eigenvalue weighted by atomic mass is 9.65. The third-order valence-electron chi connectivity index (χ3n) is 6.22. The van der Waals surface area contributed by atoms with E-state index in [0.717, 1.165) is 24.3 Å². The molecule has 0 saturated heterocycles. The van der Waals surface area contributed by atoms with Crippen molar-refractivity contribution in [2.75, 3.05) is 6.54 Å². The van der Waals surface area contributed by atoms with Crippen molar-refractivity contribution in [3.05, 3.63) is 35.4 Å². The Bertz CT molecular complexity index is 461. The molecule has 0 bridgehead atoms. The summed E-state index contributed by atoms with van der Waals surface area (Å²) in [4.78, 5) is 0. The molecule has 2 aliphatic rings. The summed E-state index contributed by atoms with van der Waals surface area (Å²) in [5, 5.41) is 0. The molecule has 0 heterocycles. The van der Waals surface area contributed by atoms with E-state index in [-0.39, 0.29) is 0 Å². The van der Waals surface area contributed by atoms with Gasteiger partial charge in [-0.1, -0.05) is 44.5 Å². The zero-order chi connectivity index (χ0) is 14.8. The molecule has 0 aliphatic heterocycles. The fraction of sp³-hybridized carbons (Fsp3) is 0.700. The van der Waals surface area contributed by atoms with E-state index in [0.29, 0.717) is 11.8 Å². The highest BCUT2D eigenvalue weighted by Crippen LogP contribution is 2.47. The summed E-state index contributed by atoms with van der Waals surface area (Å²) in [6.45, 7) is 5.64. The van der Waals surface area contributed by atoms with Crippen LogP contribution in [-0.4, -0.2) is 6.54 Å². The Morgan fingerprint density at radius 1 is 1.05 bits per heavy atom. The molecule has 1 aromatic carbocycles. The zero-order valence-electron chi connectivity index (χ0n) is 13.7. The minimum atomic E-state index is 0.696. The van der Waals surface area contributed by atoms with Crippen molar-refractivity contribution >= 4 is 0 Å². The van der Waals surface area contributed by atoms with Gasteiger partial charge < -0.3 is 5.73 Å². The first-order valence-electron chi connectivity index (χ1n) is 8.99. The van der Waals surface area contributed by atoms with E-state index >= 15 is 0 Å². The van der Waals surface area contributed by atoms with Gasteiger partial charge in [-0.2, -0.15) is 0 Å². The maximum absolute atomic E-state index is 6.13. The van der Waals surface area contributed by atoms with Crippen LogP contribution in [0.5, 0.6) is 0 Å². The largest absolute Gasteiger partial charge is 0.330 e. The summed E-state index contributed by atoms with van der Waals surface area (Å²) in [5.41, 5.74) is 9.42. The lowest BCUT2D eigenvalue weighted by molar-refractivity contribution is 0.196. The van der Waals surface area contributed by atoms with Crippen LogP contribution in [0.1, 0.15) is 75.3 Å². The quantitative estimate of drug-likeness (QED) is 0.821. The van der Waals surface area contributed by atoms with Gasteiger partial charge in [0.05, 0.1) is 0 Å². The van der Waals surface area contributed by atoms with E-state index in [4.69, 9.17) is 5.73 Å². The summed E-state index contributed by atoms with van der Waals surface area (Å²) in [6, 6.07) is 9.27. The summed E-state index contributed by atoms with van der Waals surface area (Å²) < 4.78 is 0. The molecule has 0 aromatic heterocycles. The number of nitrogens with two attached hydrogens (primary N) is 1. The van der Waals surface area contributed by atoms with Crippen molar-refractivity contribution in [3.63, 3.8) is 0 Å². The molecule has 2 aliphatic carbocycles. The third-order valence-corrected chi connectivity index (χ3v) is 6.22. The lowest BCUT2D eigenvalue weighted by Gasteiger charge is -2.40. The normalized spacial score (nSPS) is 30.4. The first-order valence-corrected chi connectivity index (χ1v) is 8.99. The van der Waals surface area contributed by atoms with Gasteiger partial charge in [0.15, 0.2) is 0 Å². The van der Waals surface area contributed by atoms with Crippen molar-refractivity contribution in [2.24, 2.45) is 23.5 Å². The molecule has 2 fully saturated rings. The molecule has 0 spiro atoms. The van der Waals surface area contributed by atoms with Crippen LogP contribution in [-0.2, 0) is 0 Å². The van der Waals surface area contributed by atoms with Gasteiger partial charge in [-0.15, -0.1) is 0 Å². The number of hydrogen-bond acceptors (Lipinski definition) is 1.